The predicted octanol–water partition coefficient (Wildman–Crippen LogP) is 0.992. The Kier molecular flexibility index (Phi) is 29.4. The lowest BCUT2D eigenvalue weighted by molar-refractivity contribution is -0.141. The molecule has 2 aromatic rings. The van der Waals surface area contributed by atoms with E-state index in [4.69, 9.17) is 33.5 Å². The highest BCUT2D eigenvalue weighted by molar-refractivity contribution is 5.89. The van der Waals surface area contributed by atoms with Gasteiger partial charge in [-0.3, -0.25) is 24.0 Å². The number of rotatable bonds is 38. The van der Waals surface area contributed by atoms with E-state index in [9.17, 15) is 48.6 Å². The van der Waals surface area contributed by atoms with Crippen molar-refractivity contribution >= 4 is 58.3 Å². The molecule has 1 aliphatic rings. The van der Waals surface area contributed by atoms with Crippen molar-refractivity contribution in [2.45, 2.75) is 82.3 Å². The van der Waals surface area contributed by atoms with Gasteiger partial charge in [0.25, 0.3) is 0 Å². The van der Waals surface area contributed by atoms with Crippen molar-refractivity contribution < 1.29 is 82.1 Å². The monoisotopic (exact) mass is 1000 g/mol. The number of carbonyl (C=O) groups excluding carboxylic acids is 5. The van der Waals surface area contributed by atoms with Crippen LogP contribution in [0, 0.1) is 11.8 Å². The highest BCUT2D eigenvalue weighted by Gasteiger charge is 2.30. The molecule has 9 N–H and O–H groups in total. The molecular weight excluding hydrogens is 933 g/mol. The molecule has 0 unspecified atom stereocenters. The maximum Gasteiger partial charge on any atom is 0.326 e. The summed E-state index contributed by atoms with van der Waals surface area (Å²) in [6, 6.07) is 8.62. The molecule has 0 aromatic heterocycles. The van der Waals surface area contributed by atoms with Crippen molar-refractivity contribution in [3.63, 3.8) is 0 Å². The molecule has 1 saturated carbocycles. The number of nitrogens with one attached hydrogen (secondary N) is 6. The molecule has 396 valence electrons. The third kappa shape index (κ3) is 26.2. The van der Waals surface area contributed by atoms with Crippen LogP contribution in [0.4, 0.5) is 4.79 Å². The number of carbonyl (C=O) groups is 8. The number of benzene rings is 2. The van der Waals surface area contributed by atoms with Crippen molar-refractivity contribution in [2.75, 3.05) is 99.4 Å². The van der Waals surface area contributed by atoms with Gasteiger partial charge in [0.2, 0.25) is 23.6 Å². The third-order valence-corrected chi connectivity index (χ3v) is 11.3. The van der Waals surface area contributed by atoms with Crippen LogP contribution in [0.2, 0.25) is 0 Å². The molecule has 0 spiro atoms. The summed E-state index contributed by atoms with van der Waals surface area (Å²) in [5.74, 6) is -5.78. The summed E-state index contributed by atoms with van der Waals surface area (Å²) < 4.78 is 31.7. The average Bonchev–Trinajstić information content (AvgIpc) is 3.34. The minimum Gasteiger partial charge on any atom is -0.481 e. The Morgan fingerprint density at radius 3 is 1.77 bits per heavy atom. The van der Waals surface area contributed by atoms with Crippen LogP contribution >= 0.6 is 0 Å². The van der Waals surface area contributed by atoms with Gasteiger partial charge in [-0.15, -0.1) is 0 Å². The number of fused-ring (bicyclic) bond motifs is 1. The minimum atomic E-state index is -1.54. The van der Waals surface area contributed by atoms with Gasteiger partial charge in [0.05, 0.1) is 59.5 Å². The van der Waals surface area contributed by atoms with Crippen LogP contribution in [0.15, 0.2) is 42.5 Å². The van der Waals surface area contributed by atoms with Crippen molar-refractivity contribution in [3.05, 3.63) is 48.0 Å². The molecule has 2 aromatic carbocycles. The molecule has 71 heavy (non-hydrogen) atoms. The number of amides is 6. The molecule has 1 aliphatic carbocycles. The van der Waals surface area contributed by atoms with E-state index in [1.165, 1.54) is 0 Å². The molecule has 3 atom stereocenters. The zero-order valence-corrected chi connectivity index (χ0v) is 40.5. The molecule has 0 aliphatic heterocycles. The number of hydrogen-bond donors (Lipinski definition) is 9. The Morgan fingerprint density at radius 1 is 0.592 bits per heavy atom. The van der Waals surface area contributed by atoms with Gasteiger partial charge in [-0.1, -0.05) is 42.5 Å². The lowest BCUT2D eigenvalue weighted by Crippen LogP contribution is -2.51. The lowest BCUT2D eigenvalue weighted by atomic mass is 9.81. The zero-order valence-electron chi connectivity index (χ0n) is 40.5. The highest BCUT2D eigenvalue weighted by atomic mass is 16.6. The minimum absolute atomic E-state index is 0.0523. The molecule has 0 bridgehead atoms. The molecule has 0 heterocycles. The van der Waals surface area contributed by atoms with Gasteiger partial charge in [-0.05, 0) is 73.6 Å². The Morgan fingerprint density at radius 2 is 1.17 bits per heavy atom. The van der Waals surface area contributed by atoms with E-state index < -0.39 is 60.8 Å². The van der Waals surface area contributed by atoms with Crippen molar-refractivity contribution in [2.24, 2.45) is 11.8 Å². The number of ether oxygens (including phenoxy) is 6. The highest BCUT2D eigenvalue weighted by Crippen LogP contribution is 2.29. The first-order valence-electron chi connectivity index (χ1n) is 24.0. The van der Waals surface area contributed by atoms with Crippen molar-refractivity contribution in [1.82, 2.24) is 31.9 Å². The topological polar surface area (TPSA) is 325 Å². The molecular formula is C48H72N6O17. The number of carboxylic acids is 3. The maximum atomic E-state index is 13.7. The fraction of sp³-hybridized carbons (Fsp3) is 0.625. The summed E-state index contributed by atoms with van der Waals surface area (Å²) in [5, 5.41) is 45.3. The summed E-state index contributed by atoms with van der Waals surface area (Å²) in [5.41, 5.74) is 0.827. The van der Waals surface area contributed by atoms with Crippen LogP contribution < -0.4 is 31.9 Å². The average molecular weight is 1010 g/mol. The zero-order chi connectivity index (χ0) is 51.6. The van der Waals surface area contributed by atoms with Crippen LogP contribution in [-0.2, 0) is 68.4 Å². The van der Waals surface area contributed by atoms with E-state index >= 15 is 0 Å². The Labute approximate surface area is 413 Å². The van der Waals surface area contributed by atoms with Gasteiger partial charge < -0.3 is 75.6 Å². The van der Waals surface area contributed by atoms with E-state index in [1.54, 1.807) is 7.11 Å². The van der Waals surface area contributed by atoms with Gasteiger partial charge in [-0.25, -0.2) is 14.4 Å². The van der Waals surface area contributed by atoms with Crippen LogP contribution in [0.3, 0.4) is 0 Å². The molecule has 23 heteroatoms. The summed E-state index contributed by atoms with van der Waals surface area (Å²) in [4.78, 5) is 98.3. The van der Waals surface area contributed by atoms with Gasteiger partial charge in [0.1, 0.15) is 31.3 Å². The Balaban J connectivity index is 1.35. The molecule has 23 nitrogen and oxygen atoms in total. The van der Waals surface area contributed by atoms with Gasteiger partial charge in [0, 0.05) is 45.5 Å². The molecule has 3 rings (SSSR count). The SMILES string of the molecule is COCCOCCOCCOCCOCCNC(=O)COCC(=O)NCC1CCC(C(=O)N[C@@H](Cc2ccc3ccccc3c2)C(=O)NCCCC[C@H](NC(=O)N[C@@H](CCC(=O)O)C(=O)O)C(=O)O)CC1. The molecule has 0 radical (unpaired) electrons. The van der Waals surface area contributed by atoms with Crippen LogP contribution in [-0.4, -0.2) is 180 Å². The van der Waals surface area contributed by atoms with Crippen LogP contribution in [0.1, 0.15) is 63.4 Å². The van der Waals surface area contributed by atoms with Crippen molar-refractivity contribution in [1.29, 1.82) is 0 Å². The van der Waals surface area contributed by atoms with Crippen molar-refractivity contribution in [3.8, 4) is 0 Å². The van der Waals surface area contributed by atoms with Gasteiger partial charge in [0.15, 0.2) is 0 Å². The van der Waals surface area contributed by atoms with E-state index in [1.807, 2.05) is 42.5 Å². The smallest absolute Gasteiger partial charge is 0.326 e. The number of urea groups is 1. The largest absolute Gasteiger partial charge is 0.481 e. The second kappa shape index (κ2) is 35.2. The summed E-state index contributed by atoms with van der Waals surface area (Å²) >= 11 is 0. The number of methoxy groups -OCH3 is 1. The van der Waals surface area contributed by atoms with Gasteiger partial charge >= 0.3 is 23.9 Å². The molecule has 1 fully saturated rings. The fourth-order valence-corrected chi connectivity index (χ4v) is 7.44. The first-order valence-corrected chi connectivity index (χ1v) is 24.0. The second-order valence-electron chi connectivity index (χ2n) is 16.9. The third-order valence-electron chi connectivity index (χ3n) is 11.3. The maximum absolute atomic E-state index is 13.7. The van der Waals surface area contributed by atoms with E-state index in [-0.39, 0.29) is 81.7 Å². The summed E-state index contributed by atoms with van der Waals surface area (Å²) in [6.07, 6.45) is 2.21. The molecule has 6 amide bonds. The van der Waals surface area contributed by atoms with Gasteiger partial charge in [-0.2, -0.15) is 0 Å². The Hall–Kier alpha value is -5.98. The van der Waals surface area contributed by atoms with E-state index in [0.29, 0.717) is 91.5 Å². The first kappa shape index (κ1) is 59.3. The predicted molar refractivity (Wildman–Crippen MR) is 255 cm³/mol. The van der Waals surface area contributed by atoms with E-state index in [2.05, 4.69) is 31.9 Å². The molecule has 0 saturated heterocycles. The first-order chi connectivity index (χ1) is 34.2. The number of aliphatic carboxylic acids is 3. The lowest BCUT2D eigenvalue weighted by Gasteiger charge is -2.29. The standard InChI is InChI=1S/C48H72N6O17/c1-66-20-21-68-24-25-70-27-26-69-23-22-67-19-18-49-41(55)31-71-32-42(56)51-30-33-9-13-36(14-10-33)44(59)52-40(29-34-11-12-35-6-2-3-7-37(35)28-34)45(60)50-17-5-4-8-38(46(61)62)53-48(65)54-39(47(63)64)15-16-43(57)58/h2-3,6-7,11-12,28,33,36,38-40H,4-5,8-10,13-27,29-32H2,1H3,(H,49,55)(H,50,60)(H,51,56)(H,52,59)(H,57,58)(H,61,62)(H,63,64)(H2,53,54,65)/t33?,36?,38-,39-,40-/m0/s1. The Bertz CT molecular complexity index is 1970. The van der Waals surface area contributed by atoms with Crippen LogP contribution in [0.5, 0.6) is 0 Å². The summed E-state index contributed by atoms with van der Waals surface area (Å²) in [7, 11) is 1.61. The second-order valence-corrected chi connectivity index (χ2v) is 16.9. The number of carboxylic acid groups (broad SMARTS) is 3. The normalized spacial score (nSPS) is 15.7. The number of unbranched alkanes of at least 4 members (excludes halogenated alkanes) is 1. The quantitative estimate of drug-likeness (QED) is 0.0424. The van der Waals surface area contributed by atoms with E-state index in [0.717, 1.165) is 16.3 Å². The number of hydrogen-bond acceptors (Lipinski definition) is 14. The summed E-state index contributed by atoms with van der Waals surface area (Å²) in [6.45, 7) is 4.11. The van der Waals surface area contributed by atoms with Crippen LogP contribution in [0.25, 0.3) is 10.8 Å². The fourth-order valence-electron chi connectivity index (χ4n) is 7.44.